The number of carbonyl (C=O) groups excluding carboxylic acids is 1. The quantitative estimate of drug-likeness (QED) is 0.706. The molecule has 0 aromatic rings. The van der Waals surface area contributed by atoms with E-state index < -0.39 is 10.0 Å². The Kier molecular flexibility index (Phi) is 6.22. The first-order valence-corrected chi connectivity index (χ1v) is 8.66. The van der Waals surface area contributed by atoms with Crippen molar-refractivity contribution in [3.8, 4) is 0 Å². The molecule has 1 heterocycles. The largest absolute Gasteiger partial charge is 0.342 e. The summed E-state index contributed by atoms with van der Waals surface area (Å²) in [5.41, 5.74) is 5.47. The van der Waals surface area contributed by atoms with Gasteiger partial charge in [-0.15, -0.1) is 0 Å². The number of nitrogens with two attached hydrogens (primary N) is 1. The van der Waals surface area contributed by atoms with E-state index in [-0.39, 0.29) is 17.7 Å². The smallest absolute Gasteiger partial charge is 0.225 e. The van der Waals surface area contributed by atoms with Crippen molar-refractivity contribution in [2.45, 2.75) is 26.2 Å². The van der Waals surface area contributed by atoms with Crippen LogP contribution in [0.3, 0.4) is 0 Å². The molecule has 2 atom stereocenters. The highest BCUT2D eigenvalue weighted by molar-refractivity contribution is 7.88. The molecule has 7 heteroatoms. The fraction of sp³-hybridized carbons (Fsp3) is 0.917. The van der Waals surface area contributed by atoms with Crippen molar-refractivity contribution in [3.63, 3.8) is 0 Å². The Morgan fingerprint density at radius 2 is 2.21 bits per heavy atom. The van der Waals surface area contributed by atoms with Crippen LogP contribution in [0.2, 0.25) is 0 Å². The van der Waals surface area contributed by atoms with Gasteiger partial charge < -0.3 is 10.6 Å². The molecule has 19 heavy (non-hydrogen) atoms. The van der Waals surface area contributed by atoms with Gasteiger partial charge in [-0.25, -0.2) is 13.1 Å². The van der Waals surface area contributed by atoms with Crippen LogP contribution >= 0.6 is 0 Å². The highest BCUT2D eigenvalue weighted by Crippen LogP contribution is 2.18. The number of piperidine rings is 1. The van der Waals surface area contributed by atoms with Crippen molar-refractivity contribution in [3.05, 3.63) is 0 Å². The van der Waals surface area contributed by atoms with Crippen LogP contribution in [0, 0.1) is 11.8 Å². The van der Waals surface area contributed by atoms with Crippen LogP contribution in [0.25, 0.3) is 0 Å². The zero-order valence-electron chi connectivity index (χ0n) is 11.8. The fourth-order valence-corrected chi connectivity index (χ4v) is 2.92. The Morgan fingerprint density at radius 3 is 2.79 bits per heavy atom. The lowest BCUT2D eigenvalue weighted by Crippen LogP contribution is -2.45. The summed E-state index contributed by atoms with van der Waals surface area (Å²) in [6.07, 6.45) is 3.73. The highest BCUT2D eigenvalue weighted by atomic mass is 32.2. The molecular weight excluding hydrogens is 266 g/mol. The molecule has 1 rings (SSSR count). The topological polar surface area (TPSA) is 92.5 Å². The van der Waals surface area contributed by atoms with Crippen LogP contribution < -0.4 is 10.5 Å². The SMILES string of the molecule is CC(CCN)C(=O)N1CCCC(CNS(C)(=O)=O)C1. The van der Waals surface area contributed by atoms with Gasteiger partial charge in [-0.2, -0.15) is 0 Å². The molecule has 0 aromatic heterocycles. The molecule has 0 aromatic carbocycles. The summed E-state index contributed by atoms with van der Waals surface area (Å²) in [4.78, 5) is 14.0. The number of likely N-dealkylation sites (tertiary alicyclic amines) is 1. The van der Waals surface area contributed by atoms with Crippen molar-refractivity contribution in [1.82, 2.24) is 9.62 Å². The van der Waals surface area contributed by atoms with E-state index in [9.17, 15) is 13.2 Å². The van der Waals surface area contributed by atoms with Gasteiger partial charge in [0, 0.05) is 25.6 Å². The summed E-state index contributed by atoms with van der Waals surface area (Å²) in [7, 11) is -3.16. The number of hydrogen-bond donors (Lipinski definition) is 2. The summed E-state index contributed by atoms with van der Waals surface area (Å²) >= 11 is 0. The lowest BCUT2D eigenvalue weighted by Gasteiger charge is -2.34. The first kappa shape index (κ1) is 16.4. The maximum Gasteiger partial charge on any atom is 0.225 e. The van der Waals surface area contributed by atoms with Crippen LogP contribution in [-0.4, -0.2) is 51.7 Å². The second-order valence-corrected chi connectivity index (χ2v) is 7.22. The van der Waals surface area contributed by atoms with Crippen LogP contribution in [0.1, 0.15) is 26.2 Å². The summed E-state index contributed by atoms with van der Waals surface area (Å²) in [6, 6.07) is 0. The van der Waals surface area contributed by atoms with Gasteiger partial charge in [-0.05, 0) is 31.7 Å². The van der Waals surface area contributed by atoms with E-state index in [4.69, 9.17) is 5.73 Å². The van der Waals surface area contributed by atoms with Crippen molar-refractivity contribution in [1.29, 1.82) is 0 Å². The van der Waals surface area contributed by atoms with E-state index >= 15 is 0 Å². The molecule has 0 radical (unpaired) electrons. The second-order valence-electron chi connectivity index (χ2n) is 5.39. The Bertz CT molecular complexity index is 397. The molecule has 1 fully saturated rings. The fourth-order valence-electron chi connectivity index (χ4n) is 2.39. The van der Waals surface area contributed by atoms with Gasteiger partial charge in [-0.3, -0.25) is 4.79 Å². The number of nitrogens with zero attached hydrogens (tertiary/aromatic N) is 1. The predicted octanol–water partition coefficient (Wildman–Crippen LogP) is -0.241. The Hall–Kier alpha value is -0.660. The van der Waals surface area contributed by atoms with E-state index in [2.05, 4.69) is 4.72 Å². The number of sulfonamides is 1. The van der Waals surface area contributed by atoms with Crippen LogP contribution in [0.5, 0.6) is 0 Å². The predicted molar refractivity (Wildman–Crippen MR) is 75.0 cm³/mol. The molecular formula is C12H25N3O3S. The number of hydrogen-bond acceptors (Lipinski definition) is 4. The minimum Gasteiger partial charge on any atom is -0.342 e. The second kappa shape index (κ2) is 7.21. The average molecular weight is 291 g/mol. The third-order valence-corrected chi connectivity index (χ3v) is 4.18. The van der Waals surface area contributed by atoms with Gasteiger partial charge >= 0.3 is 0 Å². The van der Waals surface area contributed by atoms with Crippen LogP contribution in [0.15, 0.2) is 0 Å². The maximum atomic E-state index is 12.2. The maximum absolute atomic E-state index is 12.2. The zero-order chi connectivity index (χ0) is 14.5. The first-order chi connectivity index (χ1) is 8.83. The van der Waals surface area contributed by atoms with Gasteiger partial charge in [0.25, 0.3) is 0 Å². The van der Waals surface area contributed by atoms with Crippen molar-refractivity contribution in [2.24, 2.45) is 17.6 Å². The van der Waals surface area contributed by atoms with Gasteiger partial charge in [0.15, 0.2) is 0 Å². The van der Waals surface area contributed by atoms with Crippen LogP contribution in [-0.2, 0) is 14.8 Å². The third kappa shape index (κ3) is 5.88. The standard InChI is InChI=1S/C12H25N3O3S/c1-10(5-6-13)12(16)15-7-3-4-11(9-15)8-14-19(2,17)18/h10-11,14H,3-9,13H2,1-2H3. The van der Waals surface area contributed by atoms with Gasteiger partial charge in [0.05, 0.1) is 6.26 Å². The lowest BCUT2D eigenvalue weighted by molar-refractivity contribution is -0.136. The van der Waals surface area contributed by atoms with E-state index in [1.165, 1.54) is 0 Å². The average Bonchev–Trinajstić information content (AvgIpc) is 2.35. The van der Waals surface area contributed by atoms with Crippen molar-refractivity contribution in [2.75, 3.05) is 32.4 Å². The molecule has 0 bridgehead atoms. The van der Waals surface area contributed by atoms with E-state index in [1.54, 1.807) is 0 Å². The zero-order valence-corrected chi connectivity index (χ0v) is 12.6. The molecule has 2 unspecified atom stereocenters. The Labute approximate surface area is 115 Å². The minimum absolute atomic E-state index is 0.0494. The number of amides is 1. The normalized spacial score (nSPS) is 22.3. The van der Waals surface area contributed by atoms with Gasteiger partial charge in [0.1, 0.15) is 0 Å². The highest BCUT2D eigenvalue weighted by Gasteiger charge is 2.26. The van der Waals surface area contributed by atoms with E-state index in [0.29, 0.717) is 26.1 Å². The molecule has 0 aliphatic carbocycles. The van der Waals surface area contributed by atoms with E-state index in [0.717, 1.165) is 25.6 Å². The number of carbonyl (C=O) groups is 1. The summed E-state index contributed by atoms with van der Waals surface area (Å²) in [5.74, 6) is 0.290. The van der Waals surface area contributed by atoms with Crippen molar-refractivity contribution >= 4 is 15.9 Å². The third-order valence-electron chi connectivity index (χ3n) is 3.49. The number of nitrogens with one attached hydrogen (secondary N) is 1. The minimum atomic E-state index is -3.16. The van der Waals surface area contributed by atoms with Crippen molar-refractivity contribution < 1.29 is 13.2 Å². The molecule has 0 spiro atoms. The lowest BCUT2D eigenvalue weighted by atomic mass is 9.96. The summed E-state index contributed by atoms with van der Waals surface area (Å²) in [6.45, 7) is 4.22. The molecule has 3 N–H and O–H groups in total. The molecule has 1 saturated heterocycles. The summed E-state index contributed by atoms with van der Waals surface area (Å²) in [5, 5.41) is 0. The first-order valence-electron chi connectivity index (χ1n) is 6.77. The molecule has 1 amide bonds. The monoisotopic (exact) mass is 291 g/mol. The Morgan fingerprint density at radius 1 is 1.53 bits per heavy atom. The number of rotatable bonds is 6. The van der Waals surface area contributed by atoms with Crippen LogP contribution in [0.4, 0.5) is 0 Å². The van der Waals surface area contributed by atoms with E-state index in [1.807, 2.05) is 11.8 Å². The Balaban J connectivity index is 2.47. The summed E-state index contributed by atoms with van der Waals surface area (Å²) < 4.78 is 24.7. The molecule has 112 valence electrons. The molecule has 0 saturated carbocycles. The molecule has 6 nitrogen and oxygen atoms in total. The molecule has 1 aliphatic rings. The molecule has 1 aliphatic heterocycles. The van der Waals surface area contributed by atoms with Gasteiger partial charge in [-0.1, -0.05) is 6.92 Å². The van der Waals surface area contributed by atoms with Gasteiger partial charge in [0.2, 0.25) is 15.9 Å².